The molecule has 0 atom stereocenters. The maximum atomic E-state index is 12.1. The maximum Gasteiger partial charge on any atom is 0.255 e. The summed E-state index contributed by atoms with van der Waals surface area (Å²) in [6, 6.07) is 8.54. The van der Waals surface area contributed by atoms with Gasteiger partial charge in [0.15, 0.2) is 0 Å². The standard InChI is InChI=1S/C13H9ClN4O/c14-12-6-9(3-4-15-12)18-13(19)8-1-2-10-11(5-8)17-7-16-10/h1-7H,(H,16,17)(H,15,18,19). The van der Waals surface area contributed by atoms with Gasteiger partial charge < -0.3 is 10.3 Å². The Morgan fingerprint density at radius 3 is 2.95 bits per heavy atom. The van der Waals surface area contributed by atoms with E-state index in [2.05, 4.69) is 20.3 Å². The van der Waals surface area contributed by atoms with Crippen LogP contribution in [-0.2, 0) is 0 Å². The summed E-state index contributed by atoms with van der Waals surface area (Å²) in [5, 5.41) is 3.09. The highest BCUT2D eigenvalue weighted by Gasteiger charge is 2.08. The number of fused-ring (bicyclic) bond motifs is 1. The minimum Gasteiger partial charge on any atom is -0.345 e. The topological polar surface area (TPSA) is 70.7 Å². The van der Waals surface area contributed by atoms with Gasteiger partial charge in [-0.3, -0.25) is 4.79 Å². The Bertz CT molecular complexity index is 753. The number of aromatic nitrogens is 3. The average molecular weight is 273 g/mol. The van der Waals surface area contributed by atoms with E-state index in [1.165, 1.54) is 6.20 Å². The molecule has 0 unspecified atom stereocenters. The monoisotopic (exact) mass is 272 g/mol. The molecule has 1 aromatic carbocycles. The zero-order valence-corrected chi connectivity index (χ0v) is 10.5. The number of imidazole rings is 1. The van der Waals surface area contributed by atoms with Crippen LogP contribution in [0.1, 0.15) is 10.4 Å². The van der Waals surface area contributed by atoms with Crippen molar-refractivity contribution >= 4 is 34.2 Å². The van der Waals surface area contributed by atoms with Gasteiger partial charge in [0.2, 0.25) is 0 Å². The van der Waals surface area contributed by atoms with Crippen molar-refractivity contribution in [2.75, 3.05) is 5.32 Å². The molecule has 2 N–H and O–H groups in total. The Balaban J connectivity index is 1.87. The van der Waals surface area contributed by atoms with Gasteiger partial charge in [0.1, 0.15) is 5.15 Å². The van der Waals surface area contributed by atoms with E-state index in [1.807, 2.05) is 0 Å². The number of carbonyl (C=O) groups is 1. The molecule has 19 heavy (non-hydrogen) atoms. The van der Waals surface area contributed by atoms with Crippen LogP contribution in [0.15, 0.2) is 42.9 Å². The molecule has 0 fully saturated rings. The molecule has 1 amide bonds. The second-order valence-electron chi connectivity index (χ2n) is 3.96. The first-order valence-corrected chi connectivity index (χ1v) is 5.96. The number of carbonyl (C=O) groups excluding carboxylic acids is 1. The second-order valence-corrected chi connectivity index (χ2v) is 4.34. The molecule has 5 nitrogen and oxygen atoms in total. The Morgan fingerprint density at radius 1 is 1.21 bits per heavy atom. The zero-order chi connectivity index (χ0) is 13.2. The second kappa shape index (κ2) is 4.70. The highest BCUT2D eigenvalue weighted by atomic mass is 35.5. The molecule has 0 saturated heterocycles. The summed E-state index contributed by atoms with van der Waals surface area (Å²) in [5.74, 6) is -0.209. The molecule has 0 aliphatic carbocycles. The third-order valence-electron chi connectivity index (χ3n) is 2.67. The van der Waals surface area contributed by atoms with Gasteiger partial charge in [0.25, 0.3) is 5.91 Å². The van der Waals surface area contributed by atoms with Crippen molar-refractivity contribution in [3.05, 3.63) is 53.6 Å². The fraction of sp³-hybridized carbons (Fsp3) is 0. The van der Waals surface area contributed by atoms with Crippen molar-refractivity contribution < 1.29 is 4.79 Å². The third-order valence-corrected chi connectivity index (χ3v) is 2.87. The van der Waals surface area contributed by atoms with Crippen LogP contribution in [0.2, 0.25) is 5.15 Å². The van der Waals surface area contributed by atoms with Crippen LogP contribution < -0.4 is 5.32 Å². The van der Waals surface area contributed by atoms with Crippen LogP contribution in [-0.4, -0.2) is 20.9 Å². The van der Waals surface area contributed by atoms with Crippen molar-refractivity contribution in [1.29, 1.82) is 0 Å². The number of nitrogens with one attached hydrogen (secondary N) is 2. The Labute approximate surface area is 113 Å². The molecule has 0 radical (unpaired) electrons. The van der Waals surface area contributed by atoms with E-state index >= 15 is 0 Å². The van der Waals surface area contributed by atoms with Gasteiger partial charge >= 0.3 is 0 Å². The summed E-state index contributed by atoms with van der Waals surface area (Å²) in [4.78, 5) is 23.0. The Kier molecular flexibility index (Phi) is 2.89. The van der Waals surface area contributed by atoms with Gasteiger partial charge in [-0.2, -0.15) is 0 Å². The molecule has 94 valence electrons. The number of H-pyrrole nitrogens is 1. The van der Waals surface area contributed by atoms with Crippen LogP contribution in [0.25, 0.3) is 11.0 Å². The molecule has 2 aromatic heterocycles. The Hall–Kier alpha value is -2.40. The van der Waals surface area contributed by atoms with Crippen molar-refractivity contribution in [2.45, 2.75) is 0 Å². The minimum absolute atomic E-state index is 0.209. The largest absolute Gasteiger partial charge is 0.345 e. The molecule has 0 spiro atoms. The number of halogens is 1. The lowest BCUT2D eigenvalue weighted by atomic mass is 10.2. The molecular formula is C13H9ClN4O. The van der Waals surface area contributed by atoms with Gasteiger partial charge in [0, 0.05) is 17.4 Å². The SMILES string of the molecule is O=C(Nc1ccnc(Cl)c1)c1ccc2nc[nH]c2c1. The normalized spacial score (nSPS) is 10.6. The summed E-state index contributed by atoms with van der Waals surface area (Å²) in [7, 11) is 0. The van der Waals surface area contributed by atoms with E-state index in [1.54, 1.807) is 36.7 Å². The van der Waals surface area contributed by atoms with Crippen LogP contribution in [0, 0.1) is 0 Å². The number of hydrogen-bond donors (Lipinski definition) is 2. The lowest BCUT2D eigenvalue weighted by molar-refractivity contribution is 0.102. The molecule has 0 bridgehead atoms. The van der Waals surface area contributed by atoms with Crippen molar-refractivity contribution in [2.24, 2.45) is 0 Å². The lowest BCUT2D eigenvalue weighted by Gasteiger charge is -2.05. The van der Waals surface area contributed by atoms with Crippen molar-refractivity contribution in [3.63, 3.8) is 0 Å². The molecule has 0 saturated carbocycles. The average Bonchev–Trinajstić information content (AvgIpc) is 2.85. The molecule has 2 heterocycles. The smallest absolute Gasteiger partial charge is 0.255 e. The van der Waals surface area contributed by atoms with Crippen LogP contribution in [0.3, 0.4) is 0 Å². The molecular weight excluding hydrogens is 264 g/mol. The van der Waals surface area contributed by atoms with Gasteiger partial charge in [-0.25, -0.2) is 9.97 Å². The Morgan fingerprint density at radius 2 is 2.11 bits per heavy atom. The summed E-state index contributed by atoms with van der Waals surface area (Å²) >= 11 is 5.76. The fourth-order valence-corrected chi connectivity index (χ4v) is 1.93. The first kappa shape index (κ1) is 11.7. The van der Waals surface area contributed by atoms with Crippen molar-refractivity contribution in [1.82, 2.24) is 15.0 Å². The quantitative estimate of drug-likeness (QED) is 0.705. The van der Waals surface area contributed by atoms with Gasteiger partial charge in [0.05, 0.1) is 17.4 Å². The molecule has 0 aliphatic rings. The van der Waals surface area contributed by atoms with Gasteiger partial charge in [-0.1, -0.05) is 11.6 Å². The number of benzene rings is 1. The first-order valence-electron chi connectivity index (χ1n) is 5.58. The fourth-order valence-electron chi connectivity index (χ4n) is 1.76. The number of hydrogen-bond acceptors (Lipinski definition) is 3. The third kappa shape index (κ3) is 2.41. The van der Waals surface area contributed by atoms with E-state index in [0.29, 0.717) is 16.4 Å². The van der Waals surface area contributed by atoms with E-state index in [-0.39, 0.29) is 5.91 Å². The minimum atomic E-state index is -0.209. The van der Waals surface area contributed by atoms with Crippen LogP contribution in [0.4, 0.5) is 5.69 Å². The number of aromatic amines is 1. The number of pyridine rings is 1. The summed E-state index contributed by atoms with van der Waals surface area (Å²) in [5.41, 5.74) is 2.79. The number of rotatable bonds is 2. The van der Waals surface area contributed by atoms with Crippen LogP contribution >= 0.6 is 11.6 Å². The van der Waals surface area contributed by atoms with Crippen LogP contribution in [0.5, 0.6) is 0 Å². The summed E-state index contributed by atoms with van der Waals surface area (Å²) in [6.45, 7) is 0. The number of anilines is 1. The predicted molar refractivity (Wildman–Crippen MR) is 73.3 cm³/mol. The first-order chi connectivity index (χ1) is 9.22. The van der Waals surface area contributed by atoms with E-state index in [0.717, 1.165) is 11.0 Å². The predicted octanol–water partition coefficient (Wildman–Crippen LogP) is 2.86. The lowest BCUT2D eigenvalue weighted by Crippen LogP contribution is -2.11. The molecule has 3 aromatic rings. The van der Waals surface area contributed by atoms with Crippen molar-refractivity contribution in [3.8, 4) is 0 Å². The summed E-state index contributed by atoms with van der Waals surface area (Å²) in [6.07, 6.45) is 3.13. The molecule has 0 aliphatic heterocycles. The van der Waals surface area contributed by atoms with E-state index < -0.39 is 0 Å². The molecule has 3 rings (SSSR count). The molecule has 6 heteroatoms. The highest BCUT2D eigenvalue weighted by molar-refractivity contribution is 6.29. The van der Waals surface area contributed by atoms with Gasteiger partial charge in [-0.05, 0) is 30.3 Å². The van der Waals surface area contributed by atoms with E-state index in [4.69, 9.17) is 11.6 Å². The van der Waals surface area contributed by atoms with Gasteiger partial charge in [-0.15, -0.1) is 0 Å². The number of nitrogens with zero attached hydrogens (tertiary/aromatic N) is 2. The maximum absolute atomic E-state index is 12.1. The highest BCUT2D eigenvalue weighted by Crippen LogP contribution is 2.15. The summed E-state index contributed by atoms with van der Waals surface area (Å²) < 4.78 is 0. The van der Waals surface area contributed by atoms with E-state index in [9.17, 15) is 4.79 Å². The number of amides is 1. The zero-order valence-electron chi connectivity index (χ0n) is 9.72.